The average Bonchev–Trinajstić information content (AvgIpc) is 2.67. The fourth-order valence-electron chi connectivity index (χ4n) is 2.02. The summed E-state index contributed by atoms with van der Waals surface area (Å²) in [6.45, 7) is 2.14. The van der Waals surface area contributed by atoms with Gasteiger partial charge in [-0.2, -0.15) is 0 Å². The first-order valence-corrected chi connectivity index (χ1v) is 5.14. The number of nitrogens with zero attached hydrogens (tertiary/aromatic N) is 1. The zero-order valence-electron chi connectivity index (χ0n) is 8.32. The maximum absolute atomic E-state index is 5.49. The lowest BCUT2D eigenvalue weighted by Gasteiger charge is -2.19. The van der Waals surface area contributed by atoms with Crippen LogP contribution in [0.3, 0.4) is 0 Å². The molecule has 72 valence electrons. The van der Waals surface area contributed by atoms with Gasteiger partial charge < -0.3 is 0 Å². The molecule has 0 aliphatic carbocycles. The molecule has 1 heteroatoms. The van der Waals surface area contributed by atoms with Crippen LogP contribution in [0.4, 0.5) is 0 Å². The van der Waals surface area contributed by atoms with Crippen molar-refractivity contribution in [1.29, 1.82) is 0 Å². The summed E-state index contributed by atoms with van der Waals surface area (Å²) in [5, 5.41) is 0. The van der Waals surface area contributed by atoms with Crippen molar-refractivity contribution in [2.45, 2.75) is 25.4 Å². The van der Waals surface area contributed by atoms with E-state index >= 15 is 0 Å². The number of rotatable bonds is 2. The SMILES string of the molecule is C#CC1CCCN1Cc1ccccc1. The number of hydrogen-bond donors (Lipinski definition) is 0. The van der Waals surface area contributed by atoms with Gasteiger partial charge in [-0.15, -0.1) is 6.42 Å². The Hall–Kier alpha value is -1.26. The van der Waals surface area contributed by atoms with Gasteiger partial charge in [0.05, 0.1) is 6.04 Å². The largest absolute Gasteiger partial charge is 0.286 e. The van der Waals surface area contributed by atoms with Crippen molar-refractivity contribution < 1.29 is 0 Å². The topological polar surface area (TPSA) is 3.24 Å². The third kappa shape index (κ3) is 1.97. The van der Waals surface area contributed by atoms with E-state index in [-0.39, 0.29) is 0 Å². The molecule has 1 fully saturated rings. The van der Waals surface area contributed by atoms with Gasteiger partial charge in [0.1, 0.15) is 0 Å². The van der Waals surface area contributed by atoms with Gasteiger partial charge in [0, 0.05) is 6.54 Å². The van der Waals surface area contributed by atoms with Crippen molar-refractivity contribution in [1.82, 2.24) is 4.90 Å². The van der Waals surface area contributed by atoms with Crippen molar-refractivity contribution >= 4 is 0 Å². The Labute approximate surface area is 85.7 Å². The van der Waals surface area contributed by atoms with E-state index < -0.39 is 0 Å². The van der Waals surface area contributed by atoms with Gasteiger partial charge in [0.15, 0.2) is 0 Å². The van der Waals surface area contributed by atoms with Crippen molar-refractivity contribution in [2.24, 2.45) is 0 Å². The summed E-state index contributed by atoms with van der Waals surface area (Å²) in [7, 11) is 0. The van der Waals surface area contributed by atoms with E-state index in [0.29, 0.717) is 6.04 Å². The first kappa shape index (κ1) is 9.30. The Morgan fingerprint density at radius 3 is 2.86 bits per heavy atom. The molecule has 0 amide bonds. The van der Waals surface area contributed by atoms with E-state index in [1.807, 2.05) is 6.07 Å². The predicted octanol–water partition coefficient (Wildman–Crippen LogP) is 2.28. The van der Waals surface area contributed by atoms with Crippen LogP contribution in [0.25, 0.3) is 0 Å². The molecule has 1 aliphatic heterocycles. The van der Waals surface area contributed by atoms with Crippen LogP contribution in [0.1, 0.15) is 18.4 Å². The highest BCUT2D eigenvalue weighted by Crippen LogP contribution is 2.18. The molecular formula is C13H15N. The highest BCUT2D eigenvalue weighted by molar-refractivity contribution is 5.16. The first-order valence-electron chi connectivity index (χ1n) is 5.14. The van der Waals surface area contributed by atoms with Crippen LogP contribution >= 0.6 is 0 Å². The monoisotopic (exact) mass is 185 g/mol. The summed E-state index contributed by atoms with van der Waals surface area (Å²) in [6, 6.07) is 10.9. The standard InChI is InChI=1S/C13H15N/c1-2-13-9-6-10-14(13)11-12-7-4-3-5-8-12/h1,3-5,7-8,13H,6,9-11H2. The Morgan fingerprint density at radius 1 is 1.36 bits per heavy atom. The summed E-state index contributed by atoms with van der Waals surface area (Å²) in [6.07, 6.45) is 7.88. The molecule has 1 nitrogen and oxygen atoms in total. The lowest BCUT2D eigenvalue weighted by Crippen LogP contribution is -2.27. The molecule has 1 atom stereocenters. The van der Waals surface area contributed by atoms with Gasteiger partial charge in [-0.1, -0.05) is 36.3 Å². The predicted molar refractivity (Wildman–Crippen MR) is 58.7 cm³/mol. The molecule has 1 heterocycles. The number of likely N-dealkylation sites (tertiary alicyclic amines) is 1. The molecule has 1 aromatic carbocycles. The van der Waals surface area contributed by atoms with Gasteiger partial charge in [-0.25, -0.2) is 0 Å². The van der Waals surface area contributed by atoms with Gasteiger partial charge in [0.2, 0.25) is 0 Å². The van der Waals surface area contributed by atoms with Gasteiger partial charge in [-0.05, 0) is 24.9 Å². The van der Waals surface area contributed by atoms with Crippen LogP contribution in [0.15, 0.2) is 30.3 Å². The van der Waals surface area contributed by atoms with Crippen molar-refractivity contribution in [3.05, 3.63) is 35.9 Å². The van der Waals surface area contributed by atoms with Crippen LogP contribution in [-0.2, 0) is 6.54 Å². The quantitative estimate of drug-likeness (QED) is 0.639. The molecule has 1 unspecified atom stereocenters. The molecule has 14 heavy (non-hydrogen) atoms. The fraction of sp³-hybridized carbons (Fsp3) is 0.385. The second-order valence-corrected chi connectivity index (χ2v) is 3.78. The molecule has 0 saturated carbocycles. The van der Waals surface area contributed by atoms with Crippen molar-refractivity contribution in [2.75, 3.05) is 6.54 Å². The second-order valence-electron chi connectivity index (χ2n) is 3.78. The Morgan fingerprint density at radius 2 is 2.14 bits per heavy atom. The smallest absolute Gasteiger partial charge is 0.0715 e. The fourth-order valence-corrected chi connectivity index (χ4v) is 2.02. The lowest BCUT2D eigenvalue weighted by molar-refractivity contribution is 0.288. The maximum atomic E-state index is 5.49. The minimum Gasteiger partial charge on any atom is -0.286 e. The molecule has 0 bridgehead atoms. The number of terminal acetylenes is 1. The zero-order chi connectivity index (χ0) is 9.80. The number of hydrogen-bond acceptors (Lipinski definition) is 1. The Balaban J connectivity index is 2.01. The van der Waals surface area contributed by atoms with E-state index in [1.54, 1.807) is 0 Å². The lowest BCUT2D eigenvalue weighted by atomic mass is 10.2. The summed E-state index contributed by atoms with van der Waals surface area (Å²) in [5.41, 5.74) is 1.36. The molecule has 1 aromatic rings. The summed E-state index contributed by atoms with van der Waals surface area (Å²) in [4.78, 5) is 2.38. The zero-order valence-corrected chi connectivity index (χ0v) is 8.32. The molecule has 0 radical (unpaired) electrons. The third-order valence-corrected chi connectivity index (χ3v) is 2.78. The van der Waals surface area contributed by atoms with Crippen LogP contribution in [-0.4, -0.2) is 17.5 Å². The molecule has 2 rings (SSSR count). The van der Waals surface area contributed by atoms with E-state index in [0.717, 1.165) is 19.5 Å². The van der Waals surface area contributed by atoms with E-state index in [1.165, 1.54) is 12.0 Å². The van der Waals surface area contributed by atoms with Crippen molar-refractivity contribution in [3.63, 3.8) is 0 Å². The van der Waals surface area contributed by atoms with Crippen molar-refractivity contribution in [3.8, 4) is 12.3 Å². The highest BCUT2D eigenvalue weighted by atomic mass is 15.2. The molecule has 1 aliphatic rings. The molecule has 0 N–H and O–H groups in total. The van der Waals surface area contributed by atoms with Crippen LogP contribution < -0.4 is 0 Å². The van der Waals surface area contributed by atoms with E-state index in [9.17, 15) is 0 Å². The van der Waals surface area contributed by atoms with E-state index in [4.69, 9.17) is 6.42 Å². The van der Waals surface area contributed by atoms with Crippen LogP contribution in [0, 0.1) is 12.3 Å². The van der Waals surface area contributed by atoms with Crippen LogP contribution in [0.2, 0.25) is 0 Å². The minimum atomic E-state index is 0.357. The first-order chi connectivity index (χ1) is 6.90. The normalized spacial score (nSPS) is 22.1. The third-order valence-electron chi connectivity index (χ3n) is 2.78. The number of benzene rings is 1. The Kier molecular flexibility index (Phi) is 2.86. The molecule has 0 aromatic heterocycles. The van der Waals surface area contributed by atoms with Gasteiger partial charge in [-0.3, -0.25) is 4.90 Å². The molecular weight excluding hydrogens is 170 g/mol. The Bertz CT molecular complexity index is 323. The van der Waals surface area contributed by atoms with Crippen LogP contribution in [0.5, 0.6) is 0 Å². The summed E-state index contributed by atoms with van der Waals surface area (Å²) < 4.78 is 0. The summed E-state index contributed by atoms with van der Waals surface area (Å²) >= 11 is 0. The second kappa shape index (κ2) is 4.30. The van der Waals surface area contributed by atoms with E-state index in [2.05, 4.69) is 35.1 Å². The molecule has 1 saturated heterocycles. The maximum Gasteiger partial charge on any atom is 0.0715 e. The average molecular weight is 185 g/mol. The van der Waals surface area contributed by atoms with Gasteiger partial charge >= 0.3 is 0 Å². The molecule has 0 spiro atoms. The highest BCUT2D eigenvalue weighted by Gasteiger charge is 2.21. The summed E-state index contributed by atoms with van der Waals surface area (Å²) in [5.74, 6) is 2.86. The van der Waals surface area contributed by atoms with Gasteiger partial charge in [0.25, 0.3) is 0 Å². The minimum absolute atomic E-state index is 0.357.